The molecule has 0 aliphatic carbocycles. The molecule has 0 aromatic heterocycles. The quantitative estimate of drug-likeness (QED) is 0.219. The maximum absolute atomic E-state index is 8.88. The van der Waals surface area contributed by atoms with E-state index < -0.39 is 15.6 Å². The maximum atomic E-state index is 8.88. The Balaban J connectivity index is -0.000000361. The van der Waals surface area contributed by atoms with Crippen molar-refractivity contribution in [3.63, 3.8) is 0 Å². The molecule has 0 heterocycles. The molecule has 14 heteroatoms. The van der Waals surface area contributed by atoms with Crippen molar-refractivity contribution >= 4 is 62.0 Å². The highest BCUT2D eigenvalue weighted by atomic mass is 35.5. The molecular weight excluding hydrogens is 452 g/mol. The Kier molecular flexibility index (Phi) is 22.3. The highest BCUT2D eigenvalue weighted by molar-refractivity contribution is 7.45. The van der Waals surface area contributed by atoms with E-state index in [2.05, 4.69) is 0 Å². The average molecular weight is 476 g/mol. The Morgan fingerprint density at radius 1 is 0.542 bits per heavy atom. The molecule has 0 aliphatic heterocycles. The van der Waals surface area contributed by atoms with Gasteiger partial charge in [0.15, 0.2) is 0 Å². The summed E-state index contributed by atoms with van der Waals surface area (Å²) in [5.74, 6) is 3.96. The van der Waals surface area contributed by atoms with Crippen molar-refractivity contribution in [1.82, 2.24) is 0 Å². The van der Waals surface area contributed by atoms with Crippen LogP contribution in [0, 0.1) is 11.8 Å². The van der Waals surface area contributed by atoms with E-state index in [1.165, 1.54) is 0 Å². The molecule has 8 nitrogen and oxygen atoms in total. The molecule has 0 fully saturated rings. The number of hydrogen-bond donors (Lipinski definition) is 6. The van der Waals surface area contributed by atoms with Gasteiger partial charge in [0, 0.05) is 23.5 Å². The minimum absolute atomic E-state index is 0.586. The van der Waals surface area contributed by atoms with Gasteiger partial charge in [0.05, 0.1) is 0 Å². The number of alkyl halides is 4. The third kappa shape index (κ3) is 38.8. The molecule has 6 N–H and O–H groups in total. The van der Waals surface area contributed by atoms with E-state index in [0.29, 0.717) is 35.4 Å². The summed E-state index contributed by atoms with van der Waals surface area (Å²) in [5.41, 5.74) is 0. The molecule has 150 valence electrons. The summed E-state index contributed by atoms with van der Waals surface area (Å²) in [7, 11) is -9.28. The van der Waals surface area contributed by atoms with Crippen LogP contribution in [-0.4, -0.2) is 52.9 Å². The molecule has 0 saturated carbocycles. The van der Waals surface area contributed by atoms with Crippen molar-refractivity contribution in [2.24, 2.45) is 11.8 Å². The zero-order chi connectivity index (χ0) is 19.8. The van der Waals surface area contributed by atoms with Gasteiger partial charge < -0.3 is 29.4 Å². The van der Waals surface area contributed by atoms with Crippen molar-refractivity contribution in [2.75, 3.05) is 23.5 Å². The van der Waals surface area contributed by atoms with Crippen molar-refractivity contribution in [1.29, 1.82) is 0 Å². The second-order valence-corrected chi connectivity index (χ2v) is 8.02. The summed E-state index contributed by atoms with van der Waals surface area (Å²) in [5, 5.41) is 0. The standard InChI is InChI=1S/C10H18Cl4.2H3O4P/c11-5-1-9(2-6-12)10(3-7-13)4-8-14;2*1-5(2,3)4/h9-10H,1-8H2;2*(H3,1,2,3,4). The molecule has 0 bridgehead atoms. The summed E-state index contributed by atoms with van der Waals surface area (Å²) in [6.07, 6.45) is 4.08. The highest BCUT2D eigenvalue weighted by Crippen LogP contribution is 2.28. The molecular formula is C10H24Cl4O8P2. The number of phosphoric acid groups is 2. The van der Waals surface area contributed by atoms with E-state index in [1.807, 2.05) is 0 Å². The lowest BCUT2D eigenvalue weighted by atomic mass is 9.84. The van der Waals surface area contributed by atoms with Gasteiger partial charge in [0.2, 0.25) is 0 Å². The third-order valence-electron chi connectivity index (χ3n) is 2.59. The number of hydrogen-bond acceptors (Lipinski definition) is 2. The van der Waals surface area contributed by atoms with E-state index >= 15 is 0 Å². The van der Waals surface area contributed by atoms with Crippen LogP contribution < -0.4 is 0 Å². The molecule has 0 amide bonds. The molecule has 0 aliphatic rings. The van der Waals surface area contributed by atoms with Crippen LogP contribution in [0.1, 0.15) is 25.7 Å². The van der Waals surface area contributed by atoms with Crippen LogP contribution in [0.4, 0.5) is 0 Å². The second-order valence-electron chi connectivity index (χ2n) is 4.46. The van der Waals surface area contributed by atoms with E-state index in [9.17, 15) is 0 Å². The fourth-order valence-corrected chi connectivity index (χ4v) is 2.91. The number of halogens is 4. The Bertz CT molecular complexity index is 302. The Labute approximate surface area is 161 Å². The predicted molar refractivity (Wildman–Crippen MR) is 96.9 cm³/mol. The van der Waals surface area contributed by atoms with Crippen molar-refractivity contribution in [3.8, 4) is 0 Å². The summed E-state index contributed by atoms with van der Waals surface area (Å²) in [6.45, 7) is 0. The largest absolute Gasteiger partial charge is 0.466 e. The van der Waals surface area contributed by atoms with Gasteiger partial charge >= 0.3 is 15.6 Å². The molecule has 0 saturated heterocycles. The van der Waals surface area contributed by atoms with Crippen molar-refractivity contribution < 1.29 is 38.5 Å². The Morgan fingerprint density at radius 3 is 0.750 bits per heavy atom. The second kappa shape index (κ2) is 17.8. The fourth-order valence-electron chi connectivity index (χ4n) is 1.79. The minimum atomic E-state index is -4.64. The molecule has 0 unspecified atom stereocenters. The maximum Gasteiger partial charge on any atom is 0.466 e. The lowest BCUT2D eigenvalue weighted by Gasteiger charge is -2.24. The van der Waals surface area contributed by atoms with Gasteiger partial charge in [-0.25, -0.2) is 9.13 Å². The molecule has 0 radical (unpaired) electrons. The fraction of sp³-hybridized carbons (Fsp3) is 1.00. The minimum Gasteiger partial charge on any atom is -0.303 e. The highest BCUT2D eigenvalue weighted by Gasteiger charge is 2.19. The van der Waals surface area contributed by atoms with Crippen LogP contribution in [0.25, 0.3) is 0 Å². The molecule has 0 aromatic carbocycles. The average Bonchev–Trinajstić information content (AvgIpc) is 2.34. The topological polar surface area (TPSA) is 156 Å². The van der Waals surface area contributed by atoms with Crippen LogP contribution in [0.5, 0.6) is 0 Å². The van der Waals surface area contributed by atoms with Gasteiger partial charge in [-0.2, -0.15) is 0 Å². The SMILES string of the molecule is ClCCC(CCCl)C(CCCl)CCCl.O=P(O)(O)O.O=P(O)(O)O. The molecule has 0 rings (SSSR count). The van der Waals surface area contributed by atoms with Crippen LogP contribution in [0.3, 0.4) is 0 Å². The Hall–Kier alpha value is 1.38. The summed E-state index contributed by atoms with van der Waals surface area (Å²) in [6, 6.07) is 0. The monoisotopic (exact) mass is 474 g/mol. The normalized spacial score (nSPS) is 11.7. The first kappa shape index (κ1) is 30.1. The van der Waals surface area contributed by atoms with Gasteiger partial charge in [-0.05, 0) is 37.5 Å². The lowest BCUT2D eigenvalue weighted by Crippen LogP contribution is -2.17. The lowest BCUT2D eigenvalue weighted by molar-refractivity contribution is 0.272. The summed E-state index contributed by atoms with van der Waals surface area (Å²) >= 11 is 23.1. The molecule has 0 aromatic rings. The Morgan fingerprint density at radius 2 is 0.667 bits per heavy atom. The van der Waals surface area contributed by atoms with Gasteiger partial charge in [0.25, 0.3) is 0 Å². The van der Waals surface area contributed by atoms with Gasteiger partial charge in [-0.3, -0.25) is 0 Å². The van der Waals surface area contributed by atoms with E-state index in [1.54, 1.807) is 0 Å². The van der Waals surface area contributed by atoms with Gasteiger partial charge in [0.1, 0.15) is 0 Å². The smallest absolute Gasteiger partial charge is 0.303 e. The van der Waals surface area contributed by atoms with Gasteiger partial charge in [-0.1, -0.05) is 0 Å². The zero-order valence-corrected chi connectivity index (χ0v) is 17.5. The first-order valence-electron chi connectivity index (χ1n) is 6.60. The van der Waals surface area contributed by atoms with Crippen LogP contribution in [0.15, 0.2) is 0 Å². The summed E-state index contributed by atoms with van der Waals surface area (Å²) < 4.78 is 17.8. The van der Waals surface area contributed by atoms with E-state index in [0.717, 1.165) is 25.7 Å². The number of rotatable bonds is 9. The van der Waals surface area contributed by atoms with Crippen LogP contribution in [0.2, 0.25) is 0 Å². The van der Waals surface area contributed by atoms with Crippen molar-refractivity contribution in [3.05, 3.63) is 0 Å². The first-order chi connectivity index (χ1) is 10.8. The van der Waals surface area contributed by atoms with E-state index in [-0.39, 0.29) is 0 Å². The first-order valence-corrected chi connectivity index (χ1v) is 11.9. The van der Waals surface area contributed by atoms with Crippen LogP contribution in [-0.2, 0) is 9.13 Å². The molecule has 24 heavy (non-hydrogen) atoms. The zero-order valence-electron chi connectivity index (χ0n) is 12.7. The third-order valence-corrected chi connectivity index (χ3v) is 3.46. The molecule has 0 atom stereocenters. The molecule has 0 spiro atoms. The van der Waals surface area contributed by atoms with E-state index in [4.69, 9.17) is 84.9 Å². The van der Waals surface area contributed by atoms with Crippen LogP contribution >= 0.6 is 62.0 Å². The summed E-state index contributed by atoms with van der Waals surface area (Å²) in [4.78, 5) is 43.1. The predicted octanol–water partition coefficient (Wildman–Crippen LogP) is 2.88. The van der Waals surface area contributed by atoms with Gasteiger partial charge in [-0.15, -0.1) is 46.4 Å². The van der Waals surface area contributed by atoms with Crippen molar-refractivity contribution in [2.45, 2.75) is 25.7 Å².